The van der Waals surface area contributed by atoms with Crippen LogP contribution in [-0.2, 0) is 17.6 Å². The number of rotatable bonds is 4. The summed E-state index contributed by atoms with van der Waals surface area (Å²) < 4.78 is 5.30. The highest BCUT2D eigenvalue weighted by atomic mass is 32.1. The lowest BCUT2D eigenvalue weighted by Crippen LogP contribution is -2.06. The molecule has 0 saturated carbocycles. The summed E-state index contributed by atoms with van der Waals surface area (Å²) in [4.78, 5) is 5.64. The first kappa shape index (κ1) is 11.0. The van der Waals surface area contributed by atoms with Crippen LogP contribution >= 0.6 is 11.3 Å². The molecule has 0 saturated heterocycles. The molecule has 0 spiro atoms. The Morgan fingerprint density at radius 2 is 2.47 bits per heavy atom. The molecule has 15 heavy (non-hydrogen) atoms. The zero-order valence-electron chi connectivity index (χ0n) is 9.03. The Bertz CT molecular complexity index is 324. The normalized spacial score (nSPS) is 20.3. The van der Waals surface area contributed by atoms with Crippen LogP contribution in [0, 0.1) is 0 Å². The van der Waals surface area contributed by atoms with Crippen molar-refractivity contribution in [3.63, 3.8) is 0 Å². The first-order valence-electron chi connectivity index (χ1n) is 5.55. The minimum Gasteiger partial charge on any atom is -0.388 e. The number of hydrogen-bond acceptors (Lipinski definition) is 4. The average molecular weight is 227 g/mol. The fraction of sp³-hybridized carbons (Fsp3) is 0.727. The highest BCUT2D eigenvalue weighted by molar-refractivity contribution is 7.11. The first-order chi connectivity index (χ1) is 7.31. The van der Waals surface area contributed by atoms with Crippen LogP contribution < -0.4 is 0 Å². The van der Waals surface area contributed by atoms with Crippen molar-refractivity contribution >= 4 is 11.3 Å². The van der Waals surface area contributed by atoms with Crippen LogP contribution in [0.25, 0.3) is 0 Å². The van der Waals surface area contributed by atoms with Crippen molar-refractivity contribution in [2.24, 2.45) is 0 Å². The first-order valence-corrected chi connectivity index (χ1v) is 6.37. The number of aliphatic hydroxyl groups is 1. The Morgan fingerprint density at radius 3 is 3.20 bits per heavy atom. The third kappa shape index (κ3) is 2.56. The number of ether oxygens (including phenoxy) is 1. The molecule has 0 aromatic carbocycles. The summed E-state index contributed by atoms with van der Waals surface area (Å²) >= 11 is 1.65. The van der Waals surface area contributed by atoms with E-state index in [1.54, 1.807) is 11.3 Å². The van der Waals surface area contributed by atoms with Crippen LogP contribution in [0.3, 0.4) is 0 Å². The van der Waals surface area contributed by atoms with E-state index in [-0.39, 0.29) is 6.10 Å². The molecule has 0 fully saturated rings. The van der Waals surface area contributed by atoms with Crippen molar-refractivity contribution in [1.29, 1.82) is 0 Å². The maximum atomic E-state index is 9.79. The number of nitrogens with zero attached hydrogens (tertiary/aromatic N) is 1. The number of fused-ring (bicyclic) bond motifs is 1. The molecule has 1 unspecified atom stereocenters. The summed E-state index contributed by atoms with van der Waals surface area (Å²) in [7, 11) is 0. The standard InChI is InChI=1S/C11H17NO2S/c1-2-14-7-6-10-12-8-4-3-5-9(13)11(8)15-10/h9,13H,2-7H2,1H3. The molecule has 3 nitrogen and oxygen atoms in total. The van der Waals surface area contributed by atoms with Crippen LogP contribution in [0.5, 0.6) is 0 Å². The molecule has 1 aliphatic carbocycles. The predicted molar refractivity (Wildman–Crippen MR) is 60.2 cm³/mol. The van der Waals surface area contributed by atoms with E-state index in [1.807, 2.05) is 6.92 Å². The molecule has 0 amide bonds. The van der Waals surface area contributed by atoms with E-state index in [0.29, 0.717) is 0 Å². The Balaban J connectivity index is 2.01. The average Bonchev–Trinajstić information content (AvgIpc) is 2.63. The minimum atomic E-state index is -0.271. The van der Waals surface area contributed by atoms with Gasteiger partial charge < -0.3 is 9.84 Å². The fourth-order valence-electron chi connectivity index (χ4n) is 1.86. The maximum absolute atomic E-state index is 9.79. The summed E-state index contributed by atoms with van der Waals surface area (Å²) in [6.45, 7) is 3.49. The van der Waals surface area contributed by atoms with Gasteiger partial charge in [0, 0.05) is 13.0 Å². The van der Waals surface area contributed by atoms with Crippen LogP contribution in [0.4, 0.5) is 0 Å². The lowest BCUT2D eigenvalue weighted by Gasteiger charge is -2.14. The number of aromatic nitrogens is 1. The van der Waals surface area contributed by atoms with Gasteiger partial charge >= 0.3 is 0 Å². The molecular formula is C11H17NO2S. The highest BCUT2D eigenvalue weighted by Gasteiger charge is 2.22. The van der Waals surface area contributed by atoms with Crippen LogP contribution in [0.2, 0.25) is 0 Å². The monoisotopic (exact) mass is 227 g/mol. The van der Waals surface area contributed by atoms with Gasteiger partial charge in [0.05, 0.1) is 28.3 Å². The Hall–Kier alpha value is -0.450. The zero-order valence-corrected chi connectivity index (χ0v) is 9.85. The summed E-state index contributed by atoms with van der Waals surface area (Å²) in [6.07, 6.45) is 3.57. The molecule has 2 rings (SSSR count). The molecule has 1 heterocycles. The van der Waals surface area contributed by atoms with Crippen molar-refractivity contribution in [2.75, 3.05) is 13.2 Å². The molecular weight excluding hydrogens is 210 g/mol. The van der Waals surface area contributed by atoms with Gasteiger partial charge in [-0.25, -0.2) is 4.98 Å². The molecule has 1 N–H and O–H groups in total. The highest BCUT2D eigenvalue weighted by Crippen LogP contribution is 2.33. The molecule has 1 aromatic heterocycles. The molecule has 4 heteroatoms. The second kappa shape index (κ2) is 5.05. The molecule has 84 valence electrons. The van der Waals surface area contributed by atoms with E-state index in [0.717, 1.165) is 54.5 Å². The molecule has 1 atom stereocenters. The van der Waals surface area contributed by atoms with Crippen LogP contribution in [0.15, 0.2) is 0 Å². The van der Waals surface area contributed by atoms with Crippen molar-refractivity contribution in [2.45, 2.75) is 38.7 Å². The van der Waals surface area contributed by atoms with Gasteiger partial charge in [0.2, 0.25) is 0 Å². The van der Waals surface area contributed by atoms with Crippen molar-refractivity contribution < 1.29 is 9.84 Å². The summed E-state index contributed by atoms with van der Waals surface area (Å²) in [6, 6.07) is 0. The Morgan fingerprint density at radius 1 is 1.60 bits per heavy atom. The summed E-state index contributed by atoms with van der Waals surface area (Å²) in [5.41, 5.74) is 1.12. The lowest BCUT2D eigenvalue weighted by atomic mass is 10.0. The van der Waals surface area contributed by atoms with Crippen LogP contribution in [0.1, 0.15) is 41.4 Å². The van der Waals surface area contributed by atoms with E-state index in [9.17, 15) is 5.11 Å². The van der Waals surface area contributed by atoms with Gasteiger partial charge in [-0.2, -0.15) is 0 Å². The number of hydrogen-bond donors (Lipinski definition) is 1. The van der Waals surface area contributed by atoms with Crippen molar-refractivity contribution in [3.05, 3.63) is 15.6 Å². The van der Waals surface area contributed by atoms with Gasteiger partial charge in [-0.1, -0.05) is 0 Å². The second-order valence-corrected chi connectivity index (χ2v) is 4.89. The Labute approximate surface area is 94.1 Å². The van der Waals surface area contributed by atoms with Gasteiger partial charge in [-0.15, -0.1) is 11.3 Å². The second-order valence-electron chi connectivity index (χ2n) is 3.77. The predicted octanol–water partition coefficient (Wildman–Crippen LogP) is 2.09. The van der Waals surface area contributed by atoms with Gasteiger partial charge in [-0.3, -0.25) is 0 Å². The SMILES string of the molecule is CCOCCc1nc2c(s1)C(O)CCC2. The minimum absolute atomic E-state index is 0.271. The number of aryl methyl sites for hydroxylation is 1. The lowest BCUT2D eigenvalue weighted by molar-refractivity contribution is 0.151. The maximum Gasteiger partial charge on any atom is 0.0955 e. The fourth-order valence-corrected chi connectivity index (χ4v) is 2.97. The van der Waals surface area contributed by atoms with Crippen molar-refractivity contribution in [3.8, 4) is 0 Å². The molecule has 0 bridgehead atoms. The van der Waals surface area contributed by atoms with Crippen molar-refractivity contribution in [1.82, 2.24) is 4.98 Å². The van der Waals surface area contributed by atoms with Gasteiger partial charge in [0.15, 0.2) is 0 Å². The smallest absolute Gasteiger partial charge is 0.0955 e. The zero-order chi connectivity index (χ0) is 10.7. The molecule has 1 aliphatic rings. The van der Waals surface area contributed by atoms with Crippen LogP contribution in [-0.4, -0.2) is 23.3 Å². The Kier molecular flexibility index (Phi) is 3.72. The van der Waals surface area contributed by atoms with E-state index in [1.165, 1.54) is 0 Å². The third-order valence-electron chi connectivity index (χ3n) is 2.63. The molecule has 0 radical (unpaired) electrons. The van der Waals surface area contributed by atoms with E-state index in [2.05, 4.69) is 4.98 Å². The van der Waals surface area contributed by atoms with E-state index in [4.69, 9.17) is 4.74 Å². The largest absolute Gasteiger partial charge is 0.388 e. The van der Waals surface area contributed by atoms with Gasteiger partial charge in [-0.05, 0) is 26.2 Å². The van der Waals surface area contributed by atoms with Gasteiger partial charge in [0.25, 0.3) is 0 Å². The van der Waals surface area contributed by atoms with E-state index < -0.39 is 0 Å². The summed E-state index contributed by atoms with van der Waals surface area (Å²) in [5.74, 6) is 0. The number of thiazole rings is 1. The third-order valence-corrected chi connectivity index (χ3v) is 3.89. The van der Waals surface area contributed by atoms with E-state index >= 15 is 0 Å². The van der Waals surface area contributed by atoms with Gasteiger partial charge in [0.1, 0.15) is 0 Å². The molecule has 1 aromatic rings. The molecule has 0 aliphatic heterocycles. The quantitative estimate of drug-likeness (QED) is 0.801. The number of aliphatic hydroxyl groups excluding tert-OH is 1. The summed E-state index contributed by atoms with van der Waals surface area (Å²) in [5, 5.41) is 10.9. The topological polar surface area (TPSA) is 42.4 Å².